The van der Waals surface area contributed by atoms with Crippen LogP contribution >= 0.6 is 0 Å². The highest BCUT2D eigenvalue weighted by Crippen LogP contribution is 2.08. The van der Waals surface area contributed by atoms with Gasteiger partial charge >= 0.3 is 0 Å². The first-order chi connectivity index (χ1) is 9.33. The Balaban J connectivity index is 2.47. The van der Waals surface area contributed by atoms with E-state index in [2.05, 4.69) is 13.8 Å². The van der Waals surface area contributed by atoms with Gasteiger partial charge < -0.3 is 5.73 Å². The van der Waals surface area contributed by atoms with Crippen molar-refractivity contribution in [2.75, 3.05) is 19.3 Å². The molecule has 20 heavy (non-hydrogen) atoms. The van der Waals surface area contributed by atoms with Crippen LogP contribution < -0.4 is 5.73 Å². The number of hydrogen-bond donors (Lipinski definition) is 1. The van der Waals surface area contributed by atoms with E-state index < -0.39 is 10.0 Å². The van der Waals surface area contributed by atoms with Crippen LogP contribution in [0.4, 0.5) is 0 Å². The Morgan fingerprint density at radius 1 is 1.20 bits per heavy atom. The summed E-state index contributed by atoms with van der Waals surface area (Å²) in [5.74, 6) is 0.514. The van der Waals surface area contributed by atoms with E-state index in [1.807, 2.05) is 30.3 Å². The van der Waals surface area contributed by atoms with Crippen LogP contribution in [0.1, 0.15) is 25.8 Å². The third kappa shape index (κ3) is 5.61. The van der Waals surface area contributed by atoms with E-state index >= 15 is 0 Å². The Kier molecular flexibility index (Phi) is 6.65. The summed E-state index contributed by atoms with van der Waals surface area (Å²) >= 11 is 0. The van der Waals surface area contributed by atoms with E-state index in [9.17, 15) is 8.42 Å². The van der Waals surface area contributed by atoms with Gasteiger partial charge in [-0.1, -0.05) is 44.2 Å². The number of hydrogen-bond acceptors (Lipinski definition) is 3. The van der Waals surface area contributed by atoms with Gasteiger partial charge in [-0.15, -0.1) is 0 Å². The lowest BCUT2D eigenvalue weighted by Gasteiger charge is -2.21. The maximum absolute atomic E-state index is 12.2. The molecule has 4 nitrogen and oxygen atoms in total. The van der Waals surface area contributed by atoms with Gasteiger partial charge in [0.2, 0.25) is 10.0 Å². The summed E-state index contributed by atoms with van der Waals surface area (Å²) in [6, 6.07) is 9.72. The van der Waals surface area contributed by atoms with Crippen molar-refractivity contribution < 1.29 is 8.42 Å². The zero-order valence-corrected chi connectivity index (χ0v) is 13.4. The number of sulfonamides is 1. The Morgan fingerprint density at radius 3 is 2.35 bits per heavy atom. The van der Waals surface area contributed by atoms with Gasteiger partial charge in [0.25, 0.3) is 0 Å². The zero-order valence-electron chi connectivity index (χ0n) is 12.6. The molecule has 0 saturated heterocycles. The first-order valence-electron chi connectivity index (χ1n) is 7.06. The van der Waals surface area contributed by atoms with Crippen molar-refractivity contribution in [3.05, 3.63) is 35.9 Å². The Labute approximate surface area is 123 Å². The minimum Gasteiger partial charge on any atom is -0.327 e. The first kappa shape index (κ1) is 17.1. The second kappa shape index (κ2) is 7.76. The molecule has 1 aromatic carbocycles. The molecule has 0 aliphatic rings. The fraction of sp³-hybridized carbons (Fsp3) is 0.600. The molecular formula is C15H26N2O2S. The molecule has 0 radical (unpaired) electrons. The van der Waals surface area contributed by atoms with Crippen molar-refractivity contribution in [3.63, 3.8) is 0 Å². The third-order valence-electron chi connectivity index (χ3n) is 3.60. The number of aryl methyl sites for hydroxylation is 1. The topological polar surface area (TPSA) is 63.4 Å². The molecule has 0 spiro atoms. The van der Waals surface area contributed by atoms with E-state index in [4.69, 9.17) is 5.73 Å². The predicted molar refractivity (Wildman–Crippen MR) is 84.0 cm³/mol. The molecule has 1 rings (SSSR count). The van der Waals surface area contributed by atoms with Crippen LogP contribution in [0, 0.1) is 5.92 Å². The summed E-state index contributed by atoms with van der Waals surface area (Å²) in [6.45, 7) is 4.58. The zero-order chi connectivity index (χ0) is 15.2. The highest BCUT2D eigenvalue weighted by Gasteiger charge is 2.19. The molecule has 2 N–H and O–H groups in total. The van der Waals surface area contributed by atoms with Crippen molar-refractivity contribution >= 4 is 10.0 Å². The summed E-state index contributed by atoms with van der Waals surface area (Å²) in [5.41, 5.74) is 7.00. The number of rotatable bonds is 8. The Bertz CT molecular complexity index is 486. The third-order valence-corrected chi connectivity index (χ3v) is 5.45. The average Bonchev–Trinajstić information content (AvgIpc) is 2.43. The molecule has 0 aliphatic heterocycles. The fourth-order valence-corrected chi connectivity index (χ4v) is 3.04. The molecule has 5 heteroatoms. The van der Waals surface area contributed by atoms with Crippen LogP contribution in [0.25, 0.3) is 0 Å². The normalized spacial score (nSPS) is 13.9. The molecular weight excluding hydrogens is 272 g/mol. The molecule has 0 fully saturated rings. The molecule has 0 aromatic heterocycles. The van der Waals surface area contributed by atoms with Crippen molar-refractivity contribution in [3.8, 4) is 0 Å². The van der Waals surface area contributed by atoms with Gasteiger partial charge in [0.15, 0.2) is 0 Å². The number of nitrogens with zero attached hydrogens (tertiary/aromatic N) is 1. The van der Waals surface area contributed by atoms with Crippen LogP contribution in [0.5, 0.6) is 0 Å². The van der Waals surface area contributed by atoms with Crippen LogP contribution in [-0.2, 0) is 16.4 Å². The molecule has 1 unspecified atom stereocenters. The Morgan fingerprint density at radius 2 is 1.80 bits per heavy atom. The number of nitrogens with two attached hydrogens (primary N) is 1. The molecule has 0 aliphatic carbocycles. The van der Waals surface area contributed by atoms with Crippen molar-refractivity contribution in [2.45, 2.75) is 32.7 Å². The SMILES string of the molecule is CC(C)C(N)CCN(C)S(=O)(=O)CCc1ccccc1. The summed E-state index contributed by atoms with van der Waals surface area (Å²) in [7, 11) is -1.57. The van der Waals surface area contributed by atoms with Gasteiger partial charge in [-0.2, -0.15) is 0 Å². The van der Waals surface area contributed by atoms with Gasteiger partial charge in [-0.05, 0) is 24.3 Å². The maximum atomic E-state index is 12.2. The van der Waals surface area contributed by atoms with E-state index in [1.54, 1.807) is 7.05 Å². The minimum absolute atomic E-state index is 0.0433. The lowest BCUT2D eigenvalue weighted by atomic mass is 10.0. The summed E-state index contributed by atoms with van der Waals surface area (Å²) < 4.78 is 25.8. The van der Waals surface area contributed by atoms with Crippen LogP contribution in [-0.4, -0.2) is 38.1 Å². The fourth-order valence-electron chi connectivity index (χ4n) is 1.85. The largest absolute Gasteiger partial charge is 0.327 e. The van der Waals surface area contributed by atoms with Crippen LogP contribution in [0.3, 0.4) is 0 Å². The molecule has 0 bridgehead atoms. The van der Waals surface area contributed by atoms with Gasteiger partial charge in [0.05, 0.1) is 5.75 Å². The Hall–Kier alpha value is -0.910. The van der Waals surface area contributed by atoms with Crippen molar-refractivity contribution in [1.29, 1.82) is 0 Å². The lowest BCUT2D eigenvalue weighted by Crippen LogP contribution is -2.36. The molecule has 1 aromatic rings. The van der Waals surface area contributed by atoms with Crippen LogP contribution in [0.15, 0.2) is 30.3 Å². The van der Waals surface area contributed by atoms with Gasteiger partial charge in [-0.25, -0.2) is 12.7 Å². The van der Waals surface area contributed by atoms with E-state index in [0.717, 1.165) is 5.56 Å². The van der Waals surface area contributed by atoms with Gasteiger partial charge in [0, 0.05) is 19.6 Å². The molecule has 0 amide bonds. The minimum atomic E-state index is -3.20. The highest BCUT2D eigenvalue weighted by atomic mass is 32.2. The van der Waals surface area contributed by atoms with Crippen molar-refractivity contribution in [1.82, 2.24) is 4.31 Å². The maximum Gasteiger partial charge on any atom is 0.214 e. The summed E-state index contributed by atoms with van der Waals surface area (Å²) in [6.07, 6.45) is 1.24. The second-order valence-electron chi connectivity index (χ2n) is 5.57. The number of benzene rings is 1. The summed E-state index contributed by atoms with van der Waals surface area (Å²) in [5, 5.41) is 0. The smallest absolute Gasteiger partial charge is 0.214 e. The van der Waals surface area contributed by atoms with Crippen LogP contribution in [0.2, 0.25) is 0 Å². The highest BCUT2D eigenvalue weighted by molar-refractivity contribution is 7.89. The second-order valence-corrected chi connectivity index (χ2v) is 7.77. The standard InChI is InChI=1S/C15H26N2O2S/c1-13(2)15(16)9-11-17(3)20(18,19)12-10-14-7-5-4-6-8-14/h4-8,13,15H,9-12,16H2,1-3H3. The van der Waals surface area contributed by atoms with E-state index in [0.29, 0.717) is 25.3 Å². The van der Waals surface area contributed by atoms with Crippen molar-refractivity contribution in [2.24, 2.45) is 11.7 Å². The monoisotopic (exact) mass is 298 g/mol. The quantitative estimate of drug-likeness (QED) is 0.797. The first-order valence-corrected chi connectivity index (χ1v) is 8.67. The lowest BCUT2D eigenvalue weighted by molar-refractivity contribution is 0.397. The van der Waals surface area contributed by atoms with Gasteiger partial charge in [0.1, 0.15) is 0 Å². The molecule has 1 atom stereocenters. The molecule has 0 heterocycles. The van der Waals surface area contributed by atoms with Gasteiger partial charge in [-0.3, -0.25) is 0 Å². The predicted octanol–water partition coefficient (Wildman–Crippen LogP) is 1.86. The average molecular weight is 298 g/mol. The molecule has 0 saturated carbocycles. The molecule has 114 valence electrons. The van der Waals surface area contributed by atoms with E-state index in [-0.39, 0.29) is 11.8 Å². The van der Waals surface area contributed by atoms with E-state index in [1.165, 1.54) is 4.31 Å². The summed E-state index contributed by atoms with van der Waals surface area (Å²) in [4.78, 5) is 0.